The average Bonchev–Trinajstić information content (AvgIpc) is 3.04. The van der Waals surface area contributed by atoms with Crippen molar-refractivity contribution in [3.63, 3.8) is 0 Å². The predicted octanol–water partition coefficient (Wildman–Crippen LogP) is 3.15. The molecule has 1 aromatic heterocycles. The fourth-order valence-electron chi connectivity index (χ4n) is 3.78. The summed E-state index contributed by atoms with van der Waals surface area (Å²) in [5.41, 5.74) is 0. The van der Waals surface area contributed by atoms with E-state index in [2.05, 4.69) is 12.2 Å². The van der Waals surface area contributed by atoms with Crippen molar-refractivity contribution in [3.8, 4) is 0 Å². The molecule has 1 saturated carbocycles. The van der Waals surface area contributed by atoms with Crippen LogP contribution in [0.3, 0.4) is 0 Å². The van der Waals surface area contributed by atoms with Crippen molar-refractivity contribution in [1.82, 2.24) is 9.62 Å². The zero-order valence-corrected chi connectivity index (χ0v) is 16.7. The van der Waals surface area contributed by atoms with Gasteiger partial charge in [-0.3, -0.25) is 4.79 Å². The third-order valence-corrected chi connectivity index (χ3v) is 8.76. The van der Waals surface area contributed by atoms with Crippen LogP contribution in [0.5, 0.6) is 0 Å². The molecule has 25 heavy (non-hydrogen) atoms. The number of piperidine rings is 1. The maximum atomic E-state index is 12.8. The monoisotopic (exact) mass is 384 g/mol. The molecule has 1 aliphatic carbocycles. The number of hydrogen-bond acceptors (Lipinski definition) is 4. The number of hydrogen-bond donors (Lipinski definition) is 1. The molecule has 0 radical (unpaired) electrons. The van der Waals surface area contributed by atoms with E-state index in [1.54, 1.807) is 6.07 Å². The highest BCUT2D eigenvalue weighted by Crippen LogP contribution is 2.29. The third kappa shape index (κ3) is 4.44. The Morgan fingerprint density at radius 3 is 2.56 bits per heavy atom. The molecule has 1 aliphatic heterocycles. The summed E-state index contributed by atoms with van der Waals surface area (Å²) in [6.07, 6.45) is 5.90. The van der Waals surface area contributed by atoms with Gasteiger partial charge in [0, 0.05) is 24.0 Å². The van der Waals surface area contributed by atoms with Gasteiger partial charge in [0.25, 0.3) is 10.0 Å². The van der Waals surface area contributed by atoms with Gasteiger partial charge in [-0.05, 0) is 63.5 Å². The first-order valence-corrected chi connectivity index (χ1v) is 11.5. The maximum absolute atomic E-state index is 12.8. The van der Waals surface area contributed by atoms with Crippen LogP contribution < -0.4 is 5.32 Å². The first-order valence-electron chi connectivity index (χ1n) is 9.23. The predicted molar refractivity (Wildman–Crippen MR) is 100 cm³/mol. The lowest BCUT2D eigenvalue weighted by atomic mass is 9.87. The summed E-state index contributed by atoms with van der Waals surface area (Å²) in [5.74, 6) is 0.545. The Morgan fingerprint density at radius 2 is 1.92 bits per heavy atom. The molecule has 1 amide bonds. The molecule has 0 spiro atoms. The molecule has 2 fully saturated rings. The Bertz CT molecular complexity index is 706. The second kappa shape index (κ2) is 7.76. The highest BCUT2D eigenvalue weighted by molar-refractivity contribution is 7.91. The minimum absolute atomic E-state index is 0.0295. The number of rotatable bonds is 4. The van der Waals surface area contributed by atoms with Gasteiger partial charge in [0.1, 0.15) is 4.21 Å². The van der Waals surface area contributed by atoms with E-state index in [0.29, 0.717) is 17.3 Å². The van der Waals surface area contributed by atoms with E-state index in [4.69, 9.17) is 0 Å². The first-order chi connectivity index (χ1) is 11.9. The molecule has 0 bridgehead atoms. The summed E-state index contributed by atoms with van der Waals surface area (Å²) in [6.45, 7) is 4.97. The maximum Gasteiger partial charge on any atom is 0.252 e. The van der Waals surface area contributed by atoms with Crippen LogP contribution in [0.15, 0.2) is 16.3 Å². The number of aryl methyl sites for hydroxylation is 1. The summed E-state index contributed by atoms with van der Waals surface area (Å²) in [6, 6.07) is 3.76. The lowest BCUT2D eigenvalue weighted by Gasteiger charge is -2.33. The van der Waals surface area contributed by atoms with Crippen LogP contribution in [0.2, 0.25) is 0 Å². The van der Waals surface area contributed by atoms with E-state index < -0.39 is 10.0 Å². The lowest BCUT2D eigenvalue weighted by molar-refractivity contribution is -0.127. The summed E-state index contributed by atoms with van der Waals surface area (Å²) in [5, 5.41) is 3.17. The molecule has 1 atom stereocenters. The summed E-state index contributed by atoms with van der Waals surface area (Å²) in [4.78, 5) is 13.6. The summed E-state index contributed by atoms with van der Waals surface area (Å²) in [7, 11) is -3.48. The van der Waals surface area contributed by atoms with Crippen molar-refractivity contribution in [2.75, 3.05) is 13.1 Å². The molecule has 2 aliphatic rings. The number of carbonyl (C=O) groups is 1. The van der Waals surface area contributed by atoms with Crippen molar-refractivity contribution in [2.24, 2.45) is 11.8 Å². The molecule has 1 saturated heterocycles. The van der Waals surface area contributed by atoms with E-state index in [1.807, 2.05) is 13.0 Å². The van der Waals surface area contributed by atoms with Gasteiger partial charge in [0.2, 0.25) is 5.91 Å². The zero-order valence-electron chi connectivity index (χ0n) is 15.0. The topological polar surface area (TPSA) is 66.5 Å². The van der Waals surface area contributed by atoms with Crippen LogP contribution in [-0.2, 0) is 14.8 Å². The molecule has 140 valence electrons. The SMILES string of the molecule is Cc1ccc(S(=O)(=O)N2CCCC(C(=O)NC3CCC(C)CC3)C2)s1. The normalized spacial score (nSPS) is 28.6. The Balaban J connectivity index is 1.61. The second-order valence-corrected chi connectivity index (χ2v) is 11.0. The van der Waals surface area contributed by atoms with E-state index in [0.717, 1.165) is 49.3 Å². The fraction of sp³-hybridized carbons (Fsp3) is 0.722. The van der Waals surface area contributed by atoms with Gasteiger partial charge in [0.15, 0.2) is 0 Å². The molecule has 1 aromatic rings. The van der Waals surface area contributed by atoms with Gasteiger partial charge < -0.3 is 5.32 Å². The van der Waals surface area contributed by atoms with E-state index in [9.17, 15) is 13.2 Å². The van der Waals surface area contributed by atoms with Gasteiger partial charge in [0.05, 0.1) is 5.92 Å². The van der Waals surface area contributed by atoms with E-state index in [1.165, 1.54) is 15.6 Å². The van der Waals surface area contributed by atoms with Gasteiger partial charge >= 0.3 is 0 Å². The van der Waals surface area contributed by atoms with Crippen LogP contribution >= 0.6 is 11.3 Å². The van der Waals surface area contributed by atoms with Gasteiger partial charge in [-0.1, -0.05) is 6.92 Å². The van der Waals surface area contributed by atoms with E-state index in [-0.39, 0.29) is 17.9 Å². The van der Waals surface area contributed by atoms with Gasteiger partial charge in [-0.15, -0.1) is 11.3 Å². The molecule has 2 heterocycles. The fourth-order valence-corrected chi connectivity index (χ4v) is 6.74. The van der Waals surface area contributed by atoms with Gasteiger partial charge in [-0.25, -0.2) is 8.42 Å². The molecule has 1 N–H and O–H groups in total. The molecule has 1 unspecified atom stereocenters. The molecular weight excluding hydrogens is 356 g/mol. The first kappa shape index (κ1) is 18.9. The number of nitrogens with zero attached hydrogens (tertiary/aromatic N) is 1. The Morgan fingerprint density at radius 1 is 1.20 bits per heavy atom. The lowest BCUT2D eigenvalue weighted by Crippen LogP contribution is -2.48. The Kier molecular flexibility index (Phi) is 5.85. The molecule has 7 heteroatoms. The number of nitrogens with one attached hydrogen (secondary N) is 1. The molecule has 3 rings (SSSR count). The third-order valence-electron chi connectivity index (χ3n) is 5.43. The molecule has 0 aromatic carbocycles. The van der Waals surface area contributed by atoms with Crippen molar-refractivity contribution in [3.05, 3.63) is 17.0 Å². The van der Waals surface area contributed by atoms with Crippen molar-refractivity contribution < 1.29 is 13.2 Å². The summed E-state index contributed by atoms with van der Waals surface area (Å²) < 4.78 is 27.5. The number of carbonyl (C=O) groups excluding carboxylic acids is 1. The van der Waals surface area contributed by atoms with Crippen LogP contribution in [-0.4, -0.2) is 37.8 Å². The zero-order chi connectivity index (χ0) is 18.0. The number of amides is 1. The minimum atomic E-state index is -3.48. The van der Waals surface area contributed by atoms with Crippen LogP contribution in [0.1, 0.15) is 50.3 Å². The van der Waals surface area contributed by atoms with Crippen LogP contribution in [0.25, 0.3) is 0 Å². The number of sulfonamides is 1. The van der Waals surface area contributed by atoms with Crippen molar-refractivity contribution in [1.29, 1.82) is 0 Å². The van der Waals surface area contributed by atoms with Crippen molar-refractivity contribution in [2.45, 2.75) is 62.6 Å². The molecular formula is C18H28N2O3S2. The summed E-state index contributed by atoms with van der Waals surface area (Å²) >= 11 is 1.30. The second-order valence-electron chi connectivity index (χ2n) is 7.53. The molecule has 5 nitrogen and oxygen atoms in total. The van der Waals surface area contributed by atoms with Crippen molar-refractivity contribution >= 4 is 27.3 Å². The number of thiophene rings is 1. The highest BCUT2D eigenvalue weighted by atomic mass is 32.2. The van der Waals surface area contributed by atoms with Gasteiger partial charge in [-0.2, -0.15) is 4.31 Å². The van der Waals surface area contributed by atoms with Crippen LogP contribution in [0, 0.1) is 18.8 Å². The average molecular weight is 385 g/mol. The highest BCUT2D eigenvalue weighted by Gasteiger charge is 2.34. The Hall–Kier alpha value is -0.920. The minimum Gasteiger partial charge on any atom is -0.353 e. The smallest absolute Gasteiger partial charge is 0.252 e. The largest absolute Gasteiger partial charge is 0.353 e. The quantitative estimate of drug-likeness (QED) is 0.867. The Labute approximate surface area is 154 Å². The van der Waals surface area contributed by atoms with E-state index >= 15 is 0 Å². The van der Waals surface area contributed by atoms with Crippen LogP contribution in [0.4, 0.5) is 0 Å². The standard InChI is InChI=1S/C18H28N2O3S2/c1-13-5-8-16(9-6-13)19-18(21)15-4-3-11-20(12-15)25(22,23)17-10-7-14(2)24-17/h7,10,13,15-16H,3-6,8-9,11-12H2,1-2H3,(H,19,21).